The molecule has 0 N–H and O–H groups in total. The quantitative estimate of drug-likeness (QED) is 0.670. The molecule has 4 rings (SSSR count). The van der Waals surface area contributed by atoms with E-state index in [1.165, 1.54) is 0 Å². The second-order valence-electron chi connectivity index (χ2n) is 7.67. The molecule has 1 fully saturated rings. The number of hydrogen-bond acceptors (Lipinski definition) is 4. The fourth-order valence-corrected chi connectivity index (χ4v) is 3.59. The molecule has 0 saturated carbocycles. The van der Waals surface area contributed by atoms with Crippen molar-refractivity contribution >= 4 is 11.6 Å². The van der Waals surface area contributed by atoms with Crippen LogP contribution in [0.5, 0.6) is 0 Å². The molecule has 1 saturated heterocycles. The number of hydrogen-bond donors (Lipinski definition) is 0. The summed E-state index contributed by atoms with van der Waals surface area (Å²) in [5.74, 6) is -0.474. The van der Waals surface area contributed by atoms with Crippen LogP contribution in [0.25, 0.3) is 5.65 Å². The van der Waals surface area contributed by atoms with E-state index in [2.05, 4.69) is 15.2 Å². The highest BCUT2D eigenvalue weighted by Gasteiger charge is 2.36. The predicted molar refractivity (Wildman–Crippen MR) is 98.5 cm³/mol. The summed E-state index contributed by atoms with van der Waals surface area (Å²) in [6.07, 6.45) is -2.22. The number of carbonyl (C=O) groups is 1. The minimum Gasteiger partial charge on any atom is -0.337 e. The van der Waals surface area contributed by atoms with E-state index >= 15 is 0 Å². The first-order valence-corrected chi connectivity index (χ1v) is 9.40. The van der Waals surface area contributed by atoms with Gasteiger partial charge in [0, 0.05) is 44.0 Å². The van der Waals surface area contributed by atoms with Gasteiger partial charge in [-0.3, -0.25) is 9.48 Å². The number of likely N-dealkylation sites (tertiary alicyclic amines) is 1. The van der Waals surface area contributed by atoms with Gasteiger partial charge in [0.2, 0.25) is 0 Å². The van der Waals surface area contributed by atoms with Crippen LogP contribution in [0, 0.1) is 0 Å². The van der Waals surface area contributed by atoms with Crippen molar-refractivity contribution < 1.29 is 18.0 Å². The molecule has 1 atom stereocenters. The zero-order valence-electron chi connectivity index (χ0n) is 16.3. The van der Waals surface area contributed by atoms with E-state index in [-0.39, 0.29) is 23.4 Å². The van der Waals surface area contributed by atoms with E-state index in [1.807, 2.05) is 0 Å². The molecule has 4 heterocycles. The fourth-order valence-electron chi connectivity index (χ4n) is 3.59. The molecule has 29 heavy (non-hydrogen) atoms. The first-order valence-electron chi connectivity index (χ1n) is 9.40. The highest BCUT2D eigenvalue weighted by atomic mass is 19.4. The minimum atomic E-state index is -4.54. The number of halogens is 3. The van der Waals surface area contributed by atoms with Crippen LogP contribution in [0.4, 0.5) is 13.2 Å². The van der Waals surface area contributed by atoms with Crippen molar-refractivity contribution in [3.63, 3.8) is 0 Å². The molecule has 154 valence electrons. The van der Waals surface area contributed by atoms with Gasteiger partial charge in [-0.2, -0.15) is 23.4 Å². The third kappa shape index (κ3) is 3.58. The van der Waals surface area contributed by atoms with Crippen molar-refractivity contribution in [3.8, 4) is 0 Å². The maximum Gasteiger partial charge on any atom is 0.433 e. The Morgan fingerprint density at radius 2 is 2.00 bits per heavy atom. The summed E-state index contributed by atoms with van der Waals surface area (Å²) in [4.78, 5) is 18.6. The highest BCUT2D eigenvalue weighted by molar-refractivity contribution is 5.92. The smallest absolute Gasteiger partial charge is 0.337 e. The third-order valence-electron chi connectivity index (χ3n) is 5.17. The first kappa shape index (κ1) is 19.4. The second-order valence-corrected chi connectivity index (χ2v) is 7.67. The maximum atomic E-state index is 13.6. The summed E-state index contributed by atoms with van der Waals surface area (Å²) in [6.45, 7) is 4.49. The summed E-state index contributed by atoms with van der Waals surface area (Å²) in [7, 11) is 1.73. The van der Waals surface area contributed by atoms with Gasteiger partial charge in [-0.05, 0) is 24.5 Å². The lowest BCUT2D eigenvalue weighted by molar-refractivity contribution is -0.142. The molecule has 0 radical (unpaired) electrons. The lowest BCUT2D eigenvalue weighted by Gasteiger charge is -2.14. The Kier molecular flexibility index (Phi) is 4.59. The van der Waals surface area contributed by atoms with Gasteiger partial charge in [-0.25, -0.2) is 9.50 Å². The van der Waals surface area contributed by atoms with Crippen LogP contribution in [0.3, 0.4) is 0 Å². The third-order valence-corrected chi connectivity index (χ3v) is 5.17. The van der Waals surface area contributed by atoms with Crippen LogP contribution in [0.15, 0.2) is 24.4 Å². The van der Waals surface area contributed by atoms with Gasteiger partial charge >= 0.3 is 6.18 Å². The largest absolute Gasteiger partial charge is 0.433 e. The van der Waals surface area contributed by atoms with Gasteiger partial charge in [0.15, 0.2) is 5.65 Å². The molecule has 1 aliphatic rings. The second kappa shape index (κ2) is 6.85. The number of rotatable bonds is 3. The van der Waals surface area contributed by atoms with Gasteiger partial charge in [0.25, 0.3) is 5.91 Å². The molecule has 0 bridgehead atoms. The van der Waals surface area contributed by atoms with Crippen LogP contribution in [0.1, 0.15) is 59.7 Å². The molecule has 0 aromatic carbocycles. The summed E-state index contributed by atoms with van der Waals surface area (Å²) < 4.78 is 43.1. The van der Waals surface area contributed by atoms with Gasteiger partial charge in [0.05, 0.1) is 5.69 Å². The molecular formula is C19H21F3N6O. The number of amides is 1. The fraction of sp³-hybridized carbons (Fsp3) is 0.474. The topological polar surface area (TPSA) is 68.3 Å². The molecule has 0 spiro atoms. The predicted octanol–water partition coefficient (Wildman–Crippen LogP) is 3.23. The SMILES string of the molecule is CC(C)c1cc(C(F)(F)F)n2nc([C@@H]3CCN(C(=O)c4ccn(C)n4)C3)cc2n1. The van der Waals surface area contributed by atoms with Crippen molar-refractivity contribution in [3.05, 3.63) is 47.2 Å². The summed E-state index contributed by atoms with van der Waals surface area (Å²) >= 11 is 0. The Hall–Kier alpha value is -2.91. The summed E-state index contributed by atoms with van der Waals surface area (Å²) in [5, 5.41) is 8.33. The molecule has 7 nitrogen and oxygen atoms in total. The Morgan fingerprint density at radius 1 is 1.24 bits per heavy atom. The van der Waals surface area contributed by atoms with E-state index in [0.717, 1.165) is 10.6 Å². The normalized spacial score (nSPS) is 17.6. The first-order chi connectivity index (χ1) is 13.6. The van der Waals surface area contributed by atoms with E-state index in [4.69, 9.17) is 0 Å². The number of nitrogens with zero attached hydrogens (tertiary/aromatic N) is 6. The van der Waals surface area contributed by atoms with Crippen LogP contribution in [-0.4, -0.2) is 48.3 Å². The lowest BCUT2D eigenvalue weighted by Crippen LogP contribution is -2.29. The number of fused-ring (bicyclic) bond motifs is 1. The van der Waals surface area contributed by atoms with Gasteiger partial charge < -0.3 is 4.90 Å². The monoisotopic (exact) mass is 406 g/mol. The molecule has 0 aliphatic carbocycles. The van der Waals surface area contributed by atoms with Crippen molar-refractivity contribution in [2.24, 2.45) is 7.05 Å². The zero-order chi connectivity index (χ0) is 20.9. The summed E-state index contributed by atoms with van der Waals surface area (Å²) in [5.41, 5.74) is 0.575. The number of aromatic nitrogens is 5. The van der Waals surface area contributed by atoms with E-state index in [0.29, 0.717) is 36.6 Å². The maximum absolute atomic E-state index is 13.6. The molecule has 0 unspecified atom stereocenters. The average Bonchev–Trinajstić information content (AvgIpc) is 3.37. The molecule has 3 aromatic rings. The number of alkyl halides is 3. The van der Waals surface area contributed by atoms with Gasteiger partial charge in [-0.15, -0.1) is 0 Å². The van der Waals surface area contributed by atoms with Crippen LogP contribution >= 0.6 is 0 Å². The standard InChI is InChI=1S/C19H21F3N6O/c1-11(2)14-8-16(19(20,21)22)28-17(23-14)9-15(25-28)12-4-7-27(10-12)18(29)13-5-6-26(3)24-13/h5-6,8-9,11-12H,4,7,10H2,1-3H3/t12-/m1/s1. The average molecular weight is 406 g/mol. The van der Waals surface area contributed by atoms with Crippen LogP contribution in [0.2, 0.25) is 0 Å². The zero-order valence-corrected chi connectivity index (χ0v) is 16.3. The number of carbonyl (C=O) groups excluding carboxylic acids is 1. The molecule has 1 aliphatic heterocycles. The Balaban J connectivity index is 1.64. The van der Waals surface area contributed by atoms with E-state index in [1.54, 1.807) is 48.8 Å². The van der Waals surface area contributed by atoms with E-state index < -0.39 is 11.9 Å². The highest BCUT2D eigenvalue weighted by Crippen LogP contribution is 2.33. The molecule has 1 amide bonds. The van der Waals surface area contributed by atoms with Crippen LogP contribution in [-0.2, 0) is 13.2 Å². The lowest BCUT2D eigenvalue weighted by atomic mass is 10.1. The van der Waals surface area contributed by atoms with Gasteiger partial charge in [0.1, 0.15) is 11.4 Å². The molecule has 10 heteroatoms. The molecular weight excluding hydrogens is 385 g/mol. The number of aryl methyl sites for hydroxylation is 1. The Bertz CT molecular complexity index is 1070. The van der Waals surface area contributed by atoms with Gasteiger partial charge in [-0.1, -0.05) is 13.8 Å². The Morgan fingerprint density at radius 3 is 2.62 bits per heavy atom. The van der Waals surface area contributed by atoms with E-state index in [9.17, 15) is 18.0 Å². The molecule has 3 aromatic heterocycles. The van der Waals surface area contributed by atoms with Crippen LogP contribution < -0.4 is 0 Å². The van der Waals surface area contributed by atoms with Crippen molar-refractivity contribution in [1.82, 2.24) is 29.3 Å². The van der Waals surface area contributed by atoms with Crippen molar-refractivity contribution in [2.75, 3.05) is 13.1 Å². The summed E-state index contributed by atoms with van der Waals surface area (Å²) in [6, 6.07) is 4.30. The van der Waals surface area contributed by atoms with Crippen molar-refractivity contribution in [2.45, 2.75) is 38.3 Å². The Labute approximate surface area is 165 Å². The van der Waals surface area contributed by atoms with Crippen molar-refractivity contribution in [1.29, 1.82) is 0 Å². The minimum absolute atomic E-state index is 0.141.